The third kappa shape index (κ3) is 2.32. The van der Waals surface area contributed by atoms with Crippen LogP contribution >= 0.6 is 0 Å². The lowest BCUT2D eigenvalue weighted by Crippen LogP contribution is -2.14. The molecule has 0 fully saturated rings. The number of hydrogen-bond donors (Lipinski definition) is 2. The van der Waals surface area contributed by atoms with Gasteiger partial charge >= 0.3 is 5.97 Å². The van der Waals surface area contributed by atoms with Gasteiger partial charge in [-0.05, 0) is 30.2 Å². The summed E-state index contributed by atoms with van der Waals surface area (Å²) in [6, 6.07) is 4.61. The first-order valence-corrected chi connectivity index (χ1v) is 4.12. The molecule has 4 heteroatoms. The Balaban J connectivity index is 3.01. The maximum atomic E-state index is 10.6. The number of nitrogens with two attached hydrogens (primary N) is 1. The standard InChI is InChI=1S/C10H11NO3/c1-6-4-8(10(13)14)3-2-7(6)5-9(11)12/h2-4H,5H2,1H3,(H2,11,12)(H,13,14). The van der Waals surface area contributed by atoms with Crippen LogP contribution in [0.25, 0.3) is 0 Å². The zero-order valence-electron chi connectivity index (χ0n) is 7.78. The highest BCUT2D eigenvalue weighted by Crippen LogP contribution is 2.11. The maximum absolute atomic E-state index is 10.6. The minimum Gasteiger partial charge on any atom is -0.478 e. The van der Waals surface area contributed by atoms with Gasteiger partial charge in [0.2, 0.25) is 5.91 Å². The molecule has 14 heavy (non-hydrogen) atoms. The van der Waals surface area contributed by atoms with Gasteiger partial charge in [0.15, 0.2) is 0 Å². The Bertz CT molecular complexity index is 385. The van der Waals surface area contributed by atoms with Gasteiger partial charge < -0.3 is 10.8 Å². The molecule has 0 unspecified atom stereocenters. The fourth-order valence-electron chi connectivity index (χ4n) is 1.21. The largest absolute Gasteiger partial charge is 0.478 e. The van der Waals surface area contributed by atoms with E-state index in [-0.39, 0.29) is 12.0 Å². The van der Waals surface area contributed by atoms with Gasteiger partial charge in [-0.15, -0.1) is 0 Å². The van der Waals surface area contributed by atoms with Gasteiger partial charge in [-0.2, -0.15) is 0 Å². The molecule has 74 valence electrons. The van der Waals surface area contributed by atoms with E-state index in [9.17, 15) is 9.59 Å². The number of carbonyl (C=O) groups is 2. The highest BCUT2D eigenvalue weighted by Gasteiger charge is 2.06. The van der Waals surface area contributed by atoms with Gasteiger partial charge in [0, 0.05) is 0 Å². The molecule has 0 spiro atoms. The van der Waals surface area contributed by atoms with Gasteiger partial charge in [0.05, 0.1) is 12.0 Å². The van der Waals surface area contributed by atoms with E-state index < -0.39 is 11.9 Å². The third-order valence-corrected chi connectivity index (χ3v) is 1.95. The van der Waals surface area contributed by atoms with E-state index in [1.165, 1.54) is 12.1 Å². The summed E-state index contributed by atoms with van der Waals surface area (Å²) < 4.78 is 0. The highest BCUT2D eigenvalue weighted by atomic mass is 16.4. The Labute approximate surface area is 81.3 Å². The molecule has 0 radical (unpaired) electrons. The maximum Gasteiger partial charge on any atom is 0.335 e. The van der Waals surface area contributed by atoms with Gasteiger partial charge in [0.25, 0.3) is 0 Å². The first kappa shape index (κ1) is 10.2. The fraction of sp³-hybridized carbons (Fsp3) is 0.200. The van der Waals surface area contributed by atoms with Crippen LogP contribution in [0.3, 0.4) is 0 Å². The molecule has 0 aliphatic rings. The normalized spacial score (nSPS) is 9.79. The van der Waals surface area contributed by atoms with Crippen LogP contribution in [-0.2, 0) is 11.2 Å². The molecule has 1 aromatic rings. The fourth-order valence-corrected chi connectivity index (χ4v) is 1.21. The Morgan fingerprint density at radius 2 is 2.07 bits per heavy atom. The van der Waals surface area contributed by atoms with Crippen molar-refractivity contribution in [2.75, 3.05) is 0 Å². The number of aryl methyl sites for hydroxylation is 1. The first-order chi connectivity index (χ1) is 6.50. The lowest BCUT2D eigenvalue weighted by atomic mass is 10.0. The van der Waals surface area contributed by atoms with E-state index >= 15 is 0 Å². The zero-order valence-corrected chi connectivity index (χ0v) is 7.78. The number of hydrogen-bond acceptors (Lipinski definition) is 2. The molecule has 0 heterocycles. The number of carbonyl (C=O) groups excluding carboxylic acids is 1. The van der Waals surface area contributed by atoms with E-state index in [0.717, 1.165) is 11.1 Å². The predicted molar refractivity (Wildman–Crippen MR) is 51.0 cm³/mol. The monoisotopic (exact) mass is 193 g/mol. The summed E-state index contributed by atoms with van der Waals surface area (Å²) in [4.78, 5) is 21.2. The Hall–Kier alpha value is -1.84. The van der Waals surface area contributed by atoms with Crippen molar-refractivity contribution in [1.29, 1.82) is 0 Å². The predicted octanol–water partition coefficient (Wildman–Crippen LogP) is 0.721. The van der Waals surface area contributed by atoms with Crippen molar-refractivity contribution in [3.05, 3.63) is 34.9 Å². The molecular formula is C10H11NO3. The minimum atomic E-state index is -0.973. The molecule has 0 aromatic heterocycles. The van der Waals surface area contributed by atoms with Crippen LogP contribution in [0.4, 0.5) is 0 Å². The number of rotatable bonds is 3. The molecule has 1 aromatic carbocycles. The average Bonchev–Trinajstić information content (AvgIpc) is 2.07. The van der Waals surface area contributed by atoms with Crippen LogP contribution in [0, 0.1) is 6.92 Å². The zero-order chi connectivity index (χ0) is 10.7. The quantitative estimate of drug-likeness (QED) is 0.742. The third-order valence-electron chi connectivity index (χ3n) is 1.95. The molecular weight excluding hydrogens is 182 g/mol. The van der Waals surface area contributed by atoms with Crippen molar-refractivity contribution < 1.29 is 14.7 Å². The van der Waals surface area contributed by atoms with Crippen LogP contribution in [0.2, 0.25) is 0 Å². The number of aromatic carboxylic acids is 1. The second-order valence-corrected chi connectivity index (χ2v) is 3.09. The van der Waals surface area contributed by atoms with Crippen molar-refractivity contribution in [2.45, 2.75) is 13.3 Å². The Morgan fingerprint density at radius 1 is 1.43 bits per heavy atom. The smallest absolute Gasteiger partial charge is 0.335 e. The van der Waals surface area contributed by atoms with Crippen molar-refractivity contribution in [3.8, 4) is 0 Å². The van der Waals surface area contributed by atoms with Gasteiger partial charge in [-0.3, -0.25) is 4.79 Å². The van der Waals surface area contributed by atoms with E-state index in [2.05, 4.69) is 0 Å². The van der Waals surface area contributed by atoms with Crippen LogP contribution in [0.15, 0.2) is 18.2 Å². The Kier molecular flexibility index (Phi) is 2.86. The van der Waals surface area contributed by atoms with Crippen LogP contribution in [0.1, 0.15) is 21.5 Å². The molecule has 0 aliphatic carbocycles. The van der Waals surface area contributed by atoms with Gasteiger partial charge in [0.1, 0.15) is 0 Å². The van der Waals surface area contributed by atoms with E-state index in [0.29, 0.717) is 0 Å². The van der Waals surface area contributed by atoms with E-state index in [1.807, 2.05) is 0 Å². The topological polar surface area (TPSA) is 80.4 Å². The number of benzene rings is 1. The lowest BCUT2D eigenvalue weighted by molar-refractivity contribution is -0.117. The SMILES string of the molecule is Cc1cc(C(=O)O)ccc1CC(N)=O. The van der Waals surface area contributed by atoms with Crippen LogP contribution in [-0.4, -0.2) is 17.0 Å². The molecule has 1 rings (SSSR count). The summed E-state index contributed by atoms with van der Waals surface area (Å²) in [6.45, 7) is 1.75. The summed E-state index contributed by atoms with van der Waals surface area (Å²) in [5, 5.41) is 8.69. The van der Waals surface area contributed by atoms with Crippen molar-refractivity contribution in [3.63, 3.8) is 0 Å². The Morgan fingerprint density at radius 3 is 2.50 bits per heavy atom. The summed E-state index contributed by atoms with van der Waals surface area (Å²) in [7, 11) is 0. The number of carboxylic acids is 1. The summed E-state index contributed by atoms with van der Waals surface area (Å²) in [5.41, 5.74) is 6.79. The molecule has 0 saturated heterocycles. The number of amides is 1. The minimum absolute atomic E-state index is 0.145. The summed E-state index contributed by atoms with van der Waals surface area (Å²) in [6.07, 6.45) is 0.145. The number of carboxylic acid groups (broad SMARTS) is 1. The highest BCUT2D eigenvalue weighted by molar-refractivity contribution is 5.88. The van der Waals surface area contributed by atoms with Crippen LogP contribution < -0.4 is 5.73 Å². The molecule has 0 bridgehead atoms. The molecule has 0 saturated carbocycles. The van der Waals surface area contributed by atoms with Crippen molar-refractivity contribution in [1.82, 2.24) is 0 Å². The first-order valence-electron chi connectivity index (χ1n) is 4.12. The molecule has 1 amide bonds. The van der Waals surface area contributed by atoms with E-state index in [4.69, 9.17) is 10.8 Å². The van der Waals surface area contributed by atoms with E-state index in [1.54, 1.807) is 13.0 Å². The summed E-state index contributed by atoms with van der Waals surface area (Å²) in [5.74, 6) is -1.39. The van der Waals surface area contributed by atoms with Gasteiger partial charge in [-0.1, -0.05) is 6.07 Å². The molecule has 0 aliphatic heterocycles. The molecule has 4 nitrogen and oxygen atoms in total. The number of primary amides is 1. The molecule has 3 N–H and O–H groups in total. The second kappa shape index (κ2) is 3.91. The average molecular weight is 193 g/mol. The lowest BCUT2D eigenvalue weighted by Gasteiger charge is -2.04. The second-order valence-electron chi connectivity index (χ2n) is 3.09. The van der Waals surface area contributed by atoms with Crippen molar-refractivity contribution in [2.24, 2.45) is 5.73 Å². The molecule has 0 atom stereocenters. The summed E-state index contributed by atoms with van der Waals surface area (Å²) >= 11 is 0. The van der Waals surface area contributed by atoms with Crippen molar-refractivity contribution >= 4 is 11.9 Å². The van der Waals surface area contributed by atoms with Gasteiger partial charge in [-0.25, -0.2) is 4.79 Å². The van der Waals surface area contributed by atoms with Crippen LogP contribution in [0.5, 0.6) is 0 Å².